The number of nitrogens with one attached hydrogen (secondary N) is 1. The van der Waals surface area contributed by atoms with Crippen LogP contribution < -0.4 is 10.1 Å². The fourth-order valence-corrected chi connectivity index (χ4v) is 3.51. The fourth-order valence-electron chi connectivity index (χ4n) is 2.30. The summed E-state index contributed by atoms with van der Waals surface area (Å²) in [6.07, 6.45) is 3.96. The third-order valence-corrected chi connectivity index (χ3v) is 4.86. The molecule has 0 spiro atoms. The van der Waals surface area contributed by atoms with E-state index in [-0.39, 0.29) is 11.9 Å². The highest BCUT2D eigenvalue weighted by Crippen LogP contribution is 2.31. The highest BCUT2D eigenvalue weighted by Gasteiger charge is 2.16. The van der Waals surface area contributed by atoms with Crippen molar-refractivity contribution in [2.24, 2.45) is 0 Å². The predicted octanol–water partition coefficient (Wildman–Crippen LogP) is 4.47. The molecule has 1 aromatic heterocycles. The van der Waals surface area contributed by atoms with Crippen LogP contribution in [0.3, 0.4) is 0 Å². The SMILES string of the molecule is CCCCSc1ccc(OC)cc1[C@H](C)NC(=O)c1ccccn1. The van der Waals surface area contributed by atoms with Gasteiger partial charge in [-0.3, -0.25) is 9.78 Å². The van der Waals surface area contributed by atoms with Crippen molar-refractivity contribution in [1.82, 2.24) is 10.3 Å². The van der Waals surface area contributed by atoms with Crippen molar-refractivity contribution in [3.63, 3.8) is 0 Å². The summed E-state index contributed by atoms with van der Waals surface area (Å²) in [6.45, 7) is 4.17. The van der Waals surface area contributed by atoms with E-state index >= 15 is 0 Å². The van der Waals surface area contributed by atoms with Crippen LogP contribution in [-0.4, -0.2) is 23.8 Å². The lowest BCUT2D eigenvalue weighted by Crippen LogP contribution is -2.27. The van der Waals surface area contributed by atoms with E-state index in [9.17, 15) is 4.79 Å². The molecule has 0 unspecified atom stereocenters. The van der Waals surface area contributed by atoms with Gasteiger partial charge in [-0.15, -0.1) is 11.8 Å². The molecular weight excluding hydrogens is 320 g/mol. The lowest BCUT2D eigenvalue weighted by Gasteiger charge is -2.18. The van der Waals surface area contributed by atoms with E-state index in [1.54, 1.807) is 25.4 Å². The molecule has 0 saturated carbocycles. The molecule has 1 heterocycles. The van der Waals surface area contributed by atoms with Gasteiger partial charge in [0.05, 0.1) is 13.2 Å². The lowest BCUT2D eigenvalue weighted by atomic mass is 10.1. The highest BCUT2D eigenvalue weighted by molar-refractivity contribution is 7.99. The van der Waals surface area contributed by atoms with Crippen LogP contribution in [0, 0.1) is 0 Å². The molecule has 0 fully saturated rings. The Hall–Kier alpha value is -2.01. The third kappa shape index (κ3) is 4.99. The van der Waals surface area contributed by atoms with Crippen molar-refractivity contribution < 1.29 is 9.53 Å². The Labute approximate surface area is 148 Å². The molecule has 1 amide bonds. The van der Waals surface area contributed by atoms with E-state index in [0.717, 1.165) is 17.1 Å². The number of hydrogen-bond donors (Lipinski definition) is 1. The Balaban J connectivity index is 2.16. The second-order valence-electron chi connectivity index (χ2n) is 5.52. The van der Waals surface area contributed by atoms with Crippen LogP contribution in [0.4, 0.5) is 0 Å². The molecule has 0 aliphatic heterocycles. The third-order valence-electron chi connectivity index (χ3n) is 3.68. The zero-order valence-corrected chi connectivity index (χ0v) is 15.2. The minimum absolute atomic E-state index is 0.126. The van der Waals surface area contributed by atoms with Gasteiger partial charge in [-0.25, -0.2) is 0 Å². The fraction of sp³-hybridized carbons (Fsp3) is 0.368. The molecule has 0 bridgehead atoms. The monoisotopic (exact) mass is 344 g/mol. The summed E-state index contributed by atoms with van der Waals surface area (Å²) in [5.74, 6) is 1.69. The Morgan fingerprint density at radius 2 is 2.17 bits per heavy atom. The van der Waals surface area contributed by atoms with Gasteiger partial charge in [-0.2, -0.15) is 0 Å². The molecule has 0 aliphatic rings. The zero-order chi connectivity index (χ0) is 17.4. The maximum Gasteiger partial charge on any atom is 0.270 e. The van der Waals surface area contributed by atoms with Gasteiger partial charge in [0.15, 0.2) is 0 Å². The summed E-state index contributed by atoms with van der Waals surface area (Å²) in [4.78, 5) is 17.6. The Kier molecular flexibility index (Phi) is 7.12. The van der Waals surface area contributed by atoms with Crippen molar-refractivity contribution in [2.75, 3.05) is 12.9 Å². The number of carbonyl (C=O) groups excluding carboxylic acids is 1. The van der Waals surface area contributed by atoms with Crippen LogP contribution in [-0.2, 0) is 0 Å². The average molecular weight is 344 g/mol. The molecule has 5 heteroatoms. The topological polar surface area (TPSA) is 51.2 Å². The minimum Gasteiger partial charge on any atom is -0.497 e. The van der Waals surface area contributed by atoms with Crippen LogP contribution in [0.15, 0.2) is 47.5 Å². The van der Waals surface area contributed by atoms with E-state index in [4.69, 9.17) is 4.74 Å². The van der Waals surface area contributed by atoms with Gasteiger partial charge in [-0.05, 0) is 55.0 Å². The first-order valence-electron chi connectivity index (χ1n) is 8.18. The number of carbonyl (C=O) groups is 1. The molecule has 1 N–H and O–H groups in total. The van der Waals surface area contributed by atoms with Gasteiger partial charge in [0.2, 0.25) is 0 Å². The van der Waals surface area contributed by atoms with Crippen molar-refractivity contribution in [2.45, 2.75) is 37.6 Å². The minimum atomic E-state index is -0.171. The summed E-state index contributed by atoms with van der Waals surface area (Å²) in [7, 11) is 1.65. The van der Waals surface area contributed by atoms with Crippen LogP contribution in [0.1, 0.15) is 48.8 Å². The summed E-state index contributed by atoms with van der Waals surface area (Å²) in [6, 6.07) is 11.2. The maximum absolute atomic E-state index is 12.3. The molecule has 24 heavy (non-hydrogen) atoms. The number of nitrogens with zero attached hydrogens (tertiary/aromatic N) is 1. The molecule has 0 saturated heterocycles. The second-order valence-corrected chi connectivity index (χ2v) is 6.65. The number of rotatable bonds is 8. The summed E-state index contributed by atoms with van der Waals surface area (Å²) >= 11 is 1.82. The Bertz CT molecular complexity index is 662. The van der Waals surface area contributed by atoms with E-state index in [2.05, 4.69) is 23.3 Å². The highest BCUT2D eigenvalue weighted by atomic mass is 32.2. The van der Waals surface area contributed by atoms with Crippen molar-refractivity contribution in [1.29, 1.82) is 0 Å². The van der Waals surface area contributed by atoms with E-state index in [1.807, 2.05) is 36.9 Å². The smallest absolute Gasteiger partial charge is 0.270 e. The first-order valence-corrected chi connectivity index (χ1v) is 9.17. The van der Waals surface area contributed by atoms with Crippen LogP contribution in [0.25, 0.3) is 0 Å². The largest absolute Gasteiger partial charge is 0.497 e. The number of ether oxygens (including phenoxy) is 1. The quantitative estimate of drug-likeness (QED) is 0.567. The molecule has 0 aliphatic carbocycles. The van der Waals surface area contributed by atoms with Gasteiger partial charge in [-0.1, -0.05) is 19.4 Å². The second kappa shape index (κ2) is 9.33. The number of methoxy groups -OCH3 is 1. The molecule has 128 valence electrons. The van der Waals surface area contributed by atoms with Gasteiger partial charge < -0.3 is 10.1 Å². The average Bonchev–Trinajstić information content (AvgIpc) is 2.62. The van der Waals surface area contributed by atoms with E-state index < -0.39 is 0 Å². The summed E-state index contributed by atoms with van der Waals surface area (Å²) in [5.41, 5.74) is 1.49. The number of hydrogen-bond acceptors (Lipinski definition) is 4. The molecule has 1 atom stereocenters. The molecule has 2 rings (SSSR count). The molecular formula is C19H24N2O2S. The van der Waals surface area contributed by atoms with E-state index in [0.29, 0.717) is 5.69 Å². The normalized spacial score (nSPS) is 11.8. The number of benzene rings is 1. The van der Waals surface area contributed by atoms with Crippen molar-refractivity contribution in [3.8, 4) is 5.75 Å². The van der Waals surface area contributed by atoms with Crippen LogP contribution in [0.5, 0.6) is 5.75 Å². The Morgan fingerprint density at radius 1 is 1.33 bits per heavy atom. The number of unbranched alkanes of at least 4 members (excludes halogenated alkanes) is 1. The first kappa shape index (κ1) is 18.3. The van der Waals surface area contributed by atoms with Crippen molar-refractivity contribution >= 4 is 17.7 Å². The predicted molar refractivity (Wildman–Crippen MR) is 98.7 cm³/mol. The summed E-state index contributed by atoms with van der Waals surface area (Å²) in [5, 5.41) is 3.02. The number of pyridine rings is 1. The molecule has 1 aromatic carbocycles. The number of aromatic nitrogens is 1. The maximum atomic E-state index is 12.3. The Morgan fingerprint density at radius 3 is 2.83 bits per heavy atom. The van der Waals surface area contributed by atoms with Gasteiger partial charge in [0.25, 0.3) is 5.91 Å². The molecule has 0 radical (unpaired) electrons. The first-order chi connectivity index (χ1) is 11.7. The van der Waals surface area contributed by atoms with Gasteiger partial charge >= 0.3 is 0 Å². The zero-order valence-electron chi connectivity index (χ0n) is 14.4. The lowest BCUT2D eigenvalue weighted by molar-refractivity contribution is 0.0934. The molecule has 2 aromatic rings. The van der Waals surface area contributed by atoms with Gasteiger partial charge in [0, 0.05) is 11.1 Å². The van der Waals surface area contributed by atoms with E-state index in [1.165, 1.54) is 17.7 Å². The number of thioether (sulfide) groups is 1. The molecule has 4 nitrogen and oxygen atoms in total. The van der Waals surface area contributed by atoms with Gasteiger partial charge in [0.1, 0.15) is 11.4 Å². The number of amides is 1. The van der Waals surface area contributed by atoms with Crippen molar-refractivity contribution in [3.05, 3.63) is 53.9 Å². The standard InChI is InChI=1S/C19H24N2O2S/c1-4-5-12-24-18-10-9-15(23-3)13-16(18)14(2)21-19(22)17-8-6-7-11-20-17/h6-11,13-14H,4-5,12H2,1-3H3,(H,21,22)/t14-/m0/s1. The summed E-state index contributed by atoms with van der Waals surface area (Å²) < 4.78 is 5.34. The van der Waals surface area contributed by atoms with Crippen LogP contribution >= 0.6 is 11.8 Å². The van der Waals surface area contributed by atoms with Crippen LogP contribution in [0.2, 0.25) is 0 Å².